The fourth-order valence-electron chi connectivity index (χ4n) is 1.97. The maximum absolute atomic E-state index is 12.8. The molecule has 0 bridgehead atoms. The minimum atomic E-state index is -0.194. The van der Waals surface area contributed by atoms with Crippen molar-refractivity contribution < 1.29 is 4.39 Å². The van der Waals surface area contributed by atoms with Crippen LogP contribution >= 0.6 is 11.6 Å². The summed E-state index contributed by atoms with van der Waals surface area (Å²) in [7, 11) is 0. The minimum absolute atomic E-state index is 0.194. The van der Waals surface area contributed by atoms with Gasteiger partial charge in [0, 0.05) is 17.6 Å². The fraction of sp³-hybridized carbons (Fsp3) is 0.250. The molecule has 0 aliphatic heterocycles. The standard InChI is InChI=1S/C16H17ClFN/c1-12(10-13-6-8-15(18)9-7-13)19-11-14-4-2-3-5-16(14)17/h2-9,12,19H,10-11H2,1H3. The second-order valence-corrected chi connectivity index (χ2v) is 5.11. The molecule has 0 aliphatic rings. The van der Waals surface area contributed by atoms with Gasteiger partial charge in [0.15, 0.2) is 0 Å². The smallest absolute Gasteiger partial charge is 0.123 e. The summed E-state index contributed by atoms with van der Waals surface area (Å²) in [6.45, 7) is 2.85. The van der Waals surface area contributed by atoms with Gasteiger partial charge in [-0.15, -0.1) is 0 Å². The summed E-state index contributed by atoms with van der Waals surface area (Å²) < 4.78 is 12.8. The Bertz CT molecular complexity index is 525. The minimum Gasteiger partial charge on any atom is -0.310 e. The summed E-state index contributed by atoms with van der Waals surface area (Å²) in [5, 5.41) is 4.21. The molecule has 2 rings (SSSR count). The van der Waals surface area contributed by atoms with E-state index in [2.05, 4.69) is 12.2 Å². The van der Waals surface area contributed by atoms with Crippen LogP contribution < -0.4 is 5.32 Å². The van der Waals surface area contributed by atoms with E-state index in [4.69, 9.17) is 11.6 Å². The number of halogens is 2. The molecular formula is C16H17ClFN. The molecule has 0 heterocycles. The Kier molecular flexibility index (Phi) is 4.94. The molecule has 1 nitrogen and oxygen atoms in total. The van der Waals surface area contributed by atoms with Crippen molar-refractivity contribution in [1.29, 1.82) is 0 Å². The zero-order valence-corrected chi connectivity index (χ0v) is 11.6. The second kappa shape index (κ2) is 6.69. The molecule has 0 saturated carbocycles. The van der Waals surface area contributed by atoms with E-state index in [0.29, 0.717) is 6.04 Å². The zero-order chi connectivity index (χ0) is 13.7. The topological polar surface area (TPSA) is 12.0 Å². The molecule has 100 valence electrons. The van der Waals surface area contributed by atoms with Crippen LogP contribution in [0.15, 0.2) is 48.5 Å². The van der Waals surface area contributed by atoms with Crippen LogP contribution in [-0.4, -0.2) is 6.04 Å². The third-order valence-electron chi connectivity index (χ3n) is 3.05. The van der Waals surface area contributed by atoms with Crippen molar-refractivity contribution >= 4 is 11.6 Å². The van der Waals surface area contributed by atoms with E-state index in [1.807, 2.05) is 36.4 Å². The van der Waals surface area contributed by atoms with Gasteiger partial charge in [0.2, 0.25) is 0 Å². The van der Waals surface area contributed by atoms with E-state index in [1.165, 1.54) is 12.1 Å². The molecule has 19 heavy (non-hydrogen) atoms. The Morgan fingerprint density at radius 2 is 1.79 bits per heavy atom. The van der Waals surface area contributed by atoms with Crippen LogP contribution in [0.5, 0.6) is 0 Å². The summed E-state index contributed by atoms with van der Waals surface area (Å²) in [6.07, 6.45) is 0.866. The molecule has 0 aliphatic carbocycles. The van der Waals surface area contributed by atoms with Crippen LogP contribution in [0, 0.1) is 5.82 Å². The van der Waals surface area contributed by atoms with E-state index < -0.39 is 0 Å². The average Bonchev–Trinajstić information content (AvgIpc) is 2.40. The fourth-order valence-corrected chi connectivity index (χ4v) is 2.17. The van der Waals surface area contributed by atoms with Gasteiger partial charge in [0.25, 0.3) is 0 Å². The lowest BCUT2D eigenvalue weighted by Gasteiger charge is -2.14. The lowest BCUT2D eigenvalue weighted by Crippen LogP contribution is -2.27. The van der Waals surface area contributed by atoms with Crippen LogP contribution in [0.3, 0.4) is 0 Å². The van der Waals surface area contributed by atoms with Gasteiger partial charge in [-0.05, 0) is 42.7 Å². The Labute approximate surface area is 118 Å². The number of benzene rings is 2. The normalized spacial score (nSPS) is 12.4. The number of hydrogen-bond acceptors (Lipinski definition) is 1. The van der Waals surface area contributed by atoms with Crippen molar-refractivity contribution in [2.24, 2.45) is 0 Å². The maximum atomic E-state index is 12.8. The number of hydrogen-bond donors (Lipinski definition) is 1. The van der Waals surface area contributed by atoms with Gasteiger partial charge in [-0.2, -0.15) is 0 Å². The van der Waals surface area contributed by atoms with Crippen LogP contribution in [0.1, 0.15) is 18.1 Å². The van der Waals surface area contributed by atoms with Gasteiger partial charge in [-0.3, -0.25) is 0 Å². The predicted molar refractivity (Wildman–Crippen MR) is 77.9 cm³/mol. The van der Waals surface area contributed by atoms with Crippen molar-refractivity contribution in [3.05, 3.63) is 70.5 Å². The van der Waals surface area contributed by atoms with Gasteiger partial charge in [0.1, 0.15) is 5.82 Å². The third-order valence-corrected chi connectivity index (χ3v) is 3.42. The van der Waals surface area contributed by atoms with Gasteiger partial charge in [0.05, 0.1) is 0 Å². The monoisotopic (exact) mass is 277 g/mol. The average molecular weight is 278 g/mol. The first-order valence-electron chi connectivity index (χ1n) is 6.36. The molecule has 0 radical (unpaired) electrons. The maximum Gasteiger partial charge on any atom is 0.123 e. The molecule has 1 unspecified atom stereocenters. The Morgan fingerprint density at radius 3 is 2.47 bits per heavy atom. The Hall–Kier alpha value is -1.38. The van der Waals surface area contributed by atoms with E-state index >= 15 is 0 Å². The highest BCUT2D eigenvalue weighted by atomic mass is 35.5. The summed E-state index contributed by atoms with van der Waals surface area (Å²) in [5.41, 5.74) is 2.22. The van der Waals surface area contributed by atoms with Crippen molar-refractivity contribution in [3.8, 4) is 0 Å². The second-order valence-electron chi connectivity index (χ2n) is 4.70. The van der Waals surface area contributed by atoms with Crippen molar-refractivity contribution in [2.75, 3.05) is 0 Å². The first-order valence-corrected chi connectivity index (χ1v) is 6.74. The molecule has 2 aromatic carbocycles. The molecule has 0 spiro atoms. The van der Waals surface area contributed by atoms with E-state index in [1.54, 1.807) is 0 Å². The van der Waals surface area contributed by atoms with E-state index in [0.717, 1.165) is 29.1 Å². The first-order chi connectivity index (χ1) is 9.15. The van der Waals surface area contributed by atoms with E-state index in [9.17, 15) is 4.39 Å². The van der Waals surface area contributed by atoms with Gasteiger partial charge >= 0.3 is 0 Å². The summed E-state index contributed by atoms with van der Waals surface area (Å²) in [5.74, 6) is -0.194. The summed E-state index contributed by atoms with van der Waals surface area (Å²) in [4.78, 5) is 0. The van der Waals surface area contributed by atoms with Crippen LogP contribution in [0.2, 0.25) is 5.02 Å². The molecular weight excluding hydrogens is 261 g/mol. The van der Waals surface area contributed by atoms with Gasteiger partial charge in [-0.1, -0.05) is 41.9 Å². The predicted octanol–water partition coefficient (Wildman–Crippen LogP) is 4.20. The molecule has 3 heteroatoms. The van der Waals surface area contributed by atoms with Gasteiger partial charge < -0.3 is 5.32 Å². The molecule has 0 fully saturated rings. The highest BCUT2D eigenvalue weighted by Crippen LogP contribution is 2.15. The molecule has 1 N–H and O–H groups in total. The molecule has 0 amide bonds. The largest absolute Gasteiger partial charge is 0.310 e. The van der Waals surface area contributed by atoms with Crippen molar-refractivity contribution in [2.45, 2.75) is 25.9 Å². The van der Waals surface area contributed by atoms with Crippen molar-refractivity contribution in [1.82, 2.24) is 5.32 Å². The van der Waals surface area contributed by atoms with Crippen LogP contribution in [0.4, 0.5) is 4.39 Å². The SMILES string of the molecule is CC(Cc1ccc(F)cc1)NCc1ccccc1Cl. The Balaban J connectivity index is 1.86. The highest BCUT2D eigenvalue weighted by Gasteiger charge is 2.05. The van der Waals surface area contributed by atoms with Crippen LogP contribution in [0.25, 0.3) is 0 Å². The first kappa shape index (κ1) is 14.0. The lowest BCUT2D eigenvalue weighted by atomic mass is 10.1. The molecule has 1 atom stereocenters. The molecule has 0 aromatic heterocycles. The summed E-state index contributed by atoms with van der Waals surface area (Å²) >= 11 is 6.10. The van der Waals surface area contributed by atoms with Gasteiger partial charge in [-0.25, -0.2) is 4.39 Å². The molecule has 2 aromatic rings. The zero-order valence-electron chi connectivity index (χ0n) is 10.9. The van der Waals surface area contributed by atoms with Crippen molar-refractivity contribution in [3.63, 3.8) is 0 Å². The summed E-state index contributed by atoms with van der Waals surface area (Å²) in [6, 6.07) is 14.8. The third kappa shape index (κ3) is 4.34. The van der Waals surface area contributed by atoms with Crippen LogP contribution in [-0.2, 0) is 13.0 Å². The number of nitrogens with one attached hydrogen (secondary N) is 1. The lowest BCUT2D eigenvalue weighted by molar-refractivity contribution is 0.544. The number of rotatable bonds is 5. The Morgan fingerprint density at radius 1 is 1.11 bits per heavy atom. The quantitative estimate of drug-likeness (QED) is 0.864. The van der Waals surface area contributed by atoms with E-state index in [-0.39, 0.29) is 5.82 Å². The molecule has 0 saturated heterocycles. The highest BCUT2D eigenvalue weighted by molar-refractivity contribution is 6.31.